The molecule has 3 nitrogen and oxygen atoms in total. The average Bonchev–Trinajstić information content (AvgIpc) is 2.27. The summed E-state index contributed by atoms with van der Waals surface area (Å²) in [5.74, 6) is 0.481. The summed E-state index contributed by atoms with van der Waals surface area (Å²) < 4.78 is 0.938. The minimum atomic E-state index is -0.204. The van der Waals surface area contributed by atoms with Crippen molar-refractivity contribution in [2.75, 3.05) is 6.54 Å². The van der Waals surface area contributed by atoms with Crippen LogP contribution in [0.15, 0.2) is 18.2 Å². The number of carbonyl (C=O) groups excluding carboxylic acids is 1. The Morgan fingerprint density at radius 3 is 2.82 bits per heavy atom. The summed E-state index contributed by atoms with van der Waals surface area (Å²) in [5, 5.41) is 12.4. The highest BCUT2D eigenvalue weighted by Crippen LogP contribution is 2.19. The number of benzene rings is 1. The summed E-state index contributed by atoms with van der Waals surface area (Å²) in [5.41, 5.74) is 0.349. The van der Waals surface area contributed by atoms with E-state index in [1.54, 1.807) is 18.2 Å². The van der Waals surface area contributed by atoms with Gasteiger partial charge in [0.05, 0.1) is 5.56 Å². The predicted octanol–water partition coefficient (Wildman–Crippen LogP) is 3.16. The van der Waals surface area contributed by atoms with Crippen LogP contribution in [-0.2, 0) is 0 Å². The van der Waals surface area contributed by atoms with Gasteiger partial charge in [-0.2, -0.15) is 0 Å². The molecular weight excluding hydrogens is 329 g/mol. The van der Waals surface area contributed by atoms with Crippen LogP contribution in [0.3, 0.4) is 0 Å². The van der Waals surface area contributed by atoms with E-state index in [0.29, 0.717) is 18.0 Å². The highest BCUT2D eigenvalue weighted by Gasteiger charge is 2.10. The lowest BCUT2D eigenvalue weighted by Gasteiger charge is -2.08. The molecule has 0 heterocycles. The number of nitrogens with one attached hydrogen (secondary N) is 1. The first-order chi connectivity index (χ1) is 8.00. The van der Waals surface area contributed by atoms with E-state index >= 15 is 0 Å². The second-order valence-electron chi connectivity index (χ2n) is 4.45. The first-order valence-electron chi connectivity index (χ1n) is 5.77. The lowest BCUT2D eigenvalue weighted by atomic mass is 10.1. The quantitative estimate of drug-likeness (QED) is 0.635. The molecule has 0 atom stereocenters. The van der Waals surface area contributed by atoms with Crippen LogP contribution in [0.25, 0.3) is 0 Å². The number of aromatic hydroxyl groups is 1. The van der Waals surface area contributed by atoms with E-state index < -0.39 is 0 Å². The van der Waals surface area contributed by atoms with E-state index in [9.17, 15) is 9.90 Å². The number of rotatable bonds is 5. The van der Waals surface area contributed by atoms with Crippen molar-refractivity contribution in [2.45, 2.75) is 26.7 Å². The summed E-state index contributed by atoms with van der Waals surface area (Å²) in [4.78, 5) is 11.8. The highest BCUT2D eigenvalue weighted by molar-refractivity contribution is 14.1. The van der Waals surface area contributed by atoms with Crippen molar-refractivity contribution in [1.29, 1.82) is 0 Å². The molecule has 94 valence electrons. The van der Waals surface area contributed by atoms with Crippen LogP contribution >= 0.6 is 22.6 Å². The van der Waals surface area contributed by atoms with Gasteiger partial charge in [-0.15, -0.1) is 0 Å². The fourth-order valence-electron chi connectivity index (χ4n) is 1.50. The molecule has 1 amide bonds. The molecule has 0 aromatic heterocycles. The molecule has 1 aromatic rings. The van der Waals surface area contributed by atoms with Crippen LogP contribution in [0.5, 0.6) is 5.75 Å². The van der Waals surface area contributed by atoms with E-state index in [4.69, 9.17) is 0 Å². The normalized spacial score (nSPS) is 10.6. The summed E-state index contributed by atoms with van der Waals surface area (Å²) in [6, 6.07) is 5.00. The zero-order chi connectivity index (χ0) is 12.8. The van der Waals surface area contributed by atoms with E-state index in [0.717, 1.165) is 16.4 Å². The molecule has 17 heavy (non-hydrogen) atoms. The van der Waals surface area contributed by atoms with Crippen molar-refractivity contribution in [3.63, 3.8) is 0 Å². The molecule has 0 aliphatic carbocycles. The Morgan fingerprint density at radius 2 is 2.18 bits per heavy atom. The van der Waals surface area contributed by atoms with Crippen molar-refractivity contribution in [3.8, 4) is 5.75 Å². The molecule has 1 rings (SSSR count). The highest BCUT2D eigenvalue weighted by atomic mass is 127. The van der Waals surface area contributed by atoms with Crippen LogP contribution in [0, 0.1) is 9.49 Å². The van der Waals surface area contributed by atoms with Crippen LogP contribution in [0.1, 0.15) is 37.0 Å². The Labute approximate surface area is 116 Å². The van der Waals surface area contributed by atoms with Crippen LogP contribution < -0.4 is 5.32 Å². The lowest BCUT2D eigenvalue weighted by Crippen LogP contribution is -2.24. The Morgan fingerprint density at radius 1 is 1.47 bits per heavy atom. The zero-order valence-electron chi connectivity index (χ0n) is 10.2. The molecule has 4 heteroatoms. The van der Waals surface area contributed by atoms with Gasteiger partial charge in [-0.05, 0) is 59.5 Å². The lowest BCUT2D eigenvalue weighted by molar-refractivity contribution is 0.0950. The Bertz CT molecular complexity index is 391. The first-order valence-corrected chi connectivity index (χ1v) is 6.85. The first kappa shape index (κ1) is 14.3. The average molecular weight is 347 g/mol. The van der Waals surface area contributed by atoms with Gasteiger partial charge >= 0.3 is 0 Å². The van der Waals surface area contributed by atoms with Gasteiger partial charge in [-0.3, -0.25) is 4.79 Å². The minimum Gasteiger partial charge on any atom is -0.507 e. The van der Waals surface area contributed by atoms with Gasteiger partial charge in [-0.1, -0.05) is 13.8 Å². The Hall–Kier alpha value is -0.780. The van der Waals surface area contributed by atoms with Crippen molar-refractivity contribution < 1.29 is 9.90 Å². The smallest absolute Gasteiger partial charge is 0.255 e. The topological polar surface area (TPSA) is 49.3 Å². The maximum absolute atomic E-state index is 11.8. The number of hydrogen-bond donors (Lipinski definition) is 2. The van der Waals surface area contributed by atoms with Crippen molar-refractivity contribution in [2.24, 2.45) is 5.92 Å². The van der Waals surface area contributed by atoms with Gasteiger partial charge in [-0.25, -0.2) is 0 Å². The van der Waals surface area contributed by atoms with Gasteiger partial charge < -0.3 is 10.4 Å². The summed E-state index contributed by atoms with van der Waals surface area (Å²) in [7, 11) is 0. The molecular formula is C13H18INO2. The molecule has 0 aliphatic rings. The van der Waals surface area contributed by atoms with Gasteiger partial charge in [0.2, 0.25) is 0 Å². The number of phenolic OH excluding ortho intramolecular Hbond substituents is 1. The maximum Gasteiger partial charge on any atom is 0.255 e. The third-order valence-electron chi connectivity index (χ3n) is 2.45. The van der Waals surface area contributed by atoms with Crippen LogP contribution in [-0.4, -0.2) is 17.6 Å². The number of carbonyl (C=O) groups is 1. The molecule has 0 unspecified atom stereocenters. The summed E-state index contributed by atoms with van der Waals surface area (Å²) in [6.07, 6.45) is 2.06. The Balaban J connectivity index is 2.49. The summed E-state index contributed by atoms with van der Waals surface area (Å²) >= 11 is 2.12. The second-order valence-corrected chi connectivity index (χ2v) is 5.70. The van der Waals surface area contributed by atoms with E-state index in [1.165, 1.54) is 0 Å². The van der Waals surface area contributed by atoms with Gasteiger partial charge in [0, 0.05) is 10.1 Å². The van der Waals surface area contributed by atoms with E-state index in [-0.39, 0.29) is 11.7 Å². The molecule has 0 aliphatic heterocycles. The van der Waals surface area contributed by atoms with Gasteiger partial charge in [0.25, 0.3) is 5.91 Å². The summed E-state index contributed by atoms with van der Waals surface area (Å²) in [6.45, 7) is 4.97. The molecule has 1 aromatic carbocycles. The maximum atomic E-state index is 11.8. The molecule has 0 fully saturated rings. The van der Waals surface area contributed by atoms with Crippen molar-refractivity contribution in [3.05, 3.63) is 27.3 Å². The van der Waals surface area contributed by atoms with Gasteiger partial charge in [0.1, 0.15) is 5.75 Å². The van der Waals surface area contributed by atoms with E-state index in [2.05, 4.69) is 41.8 Å². The minimum absolute atomic E-state index is 0.0341. The Kier molecular flexibility index (Phi) is 5.74. The van der Waals surface area contributed by atoms with E-state index in [1.807, 2.05) is 0 Å². The number of halogens is 1. The number of phenols is 1. The predicted molar refractivity (Wildman–Crippen MR) is 77.2 cm³/mol. The van der Waals surface area contributed by atoms with Gasteiger partial charge in [0.15, 0.2) is 0 Å². The fourth-order valence-corrected chi connectivity index (χ4v) is 1.99. The second kappa shape index (κ2) is 6.83. The molecule has 0 saturated carbocycles. The third-order valence-corrected chi connectivity index (χ3v) is 3.12. The number of hydrogen-bond acceptors (Lipinski definition) is 2. The van der Waals surface area contributed by atoms with Crippen molar-refractivity contribution in [1.82, 2.24) is 5.32 Å². The largest absolute Gasteiger partial charge is 0.507 e. The molecule has 0 saturated heterocycles. The van der Waals surface area contributed by atoms with Crippen LogP contribution in [0.4, 0.5) is 0 Å². The monoisotopic (exact) mass is 347 g/mol. The number of amides is 1. The van der Waals surface area contributed by atoms with Crippen LogP contribution in [0.2, 0.25) is 0 Å². The van der Waals surface area contributed by atoms with Crippen molar-refractivity contribution >= 4 is 28.5 Å². The zero-order valence-corrected chi connectivity index (χ0v) is 12.3. The SMILES string of the molecule is CC(C)CCCNC(=O)c1cc(I)ccc1O. The molecule has 0 radical (unpaired) electrons. The fraction of sp³-hybridized carbons (Fsp3) is 0.462. The molecule has 2 N–H and O–H groups in total. The molecule has 0 bridgehead atoms. The third kappa shape index (κ3) is 4.93. The molecule has 0 spiro atoms. The standard InChI is InChI=1S/C13H18INO2/c1-9(2)4-3-7-15-13(17)11-8-10(14)5-6-12(11)16/h5-6,8-9,16H,3-4,7H2,1-2H3,(H,15,17).